The number of likely N-dealkylation sites (tertiary alicyclic amines) is 2. The van der Waals surface area contributed by atoms with Gasteiger partial charge in [-0.05, 0) is 78.3 Å². The Balaban J connectivity index is 1.63. The lowest BCUT2D eigenvalue weighted by molar-refractivity contribution is -0.150. The van der Waals surface area contributed by atoms with E-state index in [0.717, 1.165) is 32.5 Å². The predicted octanol–water partition coefficient (Wildman–Crippen LogP) is 1.66. The second kappa shape index (κ2) is 6.02. The zero-order chi connectivity index (χ0) is 13.0. The van der Waals surface area contributed by atoms with Crippen molar-refractivity contribution in [3.05, 3.63) is 0 Å². The van der Waals surface area contributed by atoms with Crippen LogP contribution in [0.5, 0.6) is 0 Å². The van der Waals surface area contributed by atoms with Gasteiger partial charge in [-0.25, -0.2) is 0 Å². The summed E-state index contributed by atoms with van der Waals surface area (Å²) in [5.41, 5.74) is -0.481. The minimum Gasteiger partial charge on any atom is -0.481 e. The van der Waals surface area contributed by atoms with Crippen LogP contribution in [-0.2, 0) is 4.79 Å². The van der Waals surface area contributed by atoms with Gasteiger partial charge in [-0.1, -0.05) is 0 Å². The van der Waals surface area contributed by atoms with E-state index in [1.54, 1.807) is 0 Å². The Kier molecular flexibility index (Phi) is 4.62. The lowest BCUT2D eigenvalue weighted by Crippen LogP contribution is -2.43. The molecule has 104 valence electrons. The van der Waals surface area contributed by atoms with Crippen molar-refractivity contribution in [1.29, 1.82) is 0 Å². The fraction of sp³-hybridized carbons (Fsp3) is 0.929. The molecule has 2 rings (SSSR count). The van der Waals surface area contributed by atoms with Gasteiger partial charge in [0.15, 0.2) is 0 Å². The molecule has 2 heterocycles. The highest BCUT2D eigenvalue weighted by atomic mass is 16.4. The minimum atomic E-state index is -0.626. The van der Waals surface area contributed by atoms with Gasteiger partial charge in [-0.2, -0.15) is 0 Å². The van der Waals surface area contributed by atoms with Crippen LogP contribution in [0.25, 0.3) is 0 Å². The summed E-state index contributed by atoms with van der Waals surface area (Å²) in [6, 6.07) is 0. The Labute approximate surface area is 110 Å². The van der Waals surface area contributed by atoms with Crippen molar-refractivity contribution in [2.24, 2.45) is 5.41 Å². The molecule has 2 aliphatic heterocycles. The van der Waals surface area contributed by atoms with Crippen molar-refractivity contribution in [2.75, 3.05) is 39.3 Å². The maximum Gasteiger partial charge on any atom is 0.309 e. The van der Waals surface area contributed by atoms with Gasteiger partial charge in [0.05, 0.1) is 5.41 Å². The van der Waals surface area contributed by atoms with Crippen LogP contribution in [0.3, 0.4) is 0 Å². The average Bonchev–Trinajstić information content (AvgIpc) is 2.85. The van der Waals surface area contributed by atoms with Crippen molar-refractivity contribution in [2.45, 2.75) is 39.0 Å². The zero-order valence-electron chi connectivity index (χ0n) is 11.5. The van der Waals surface area contributed by atoms with Gasteiger partial charge in [0, 0.05) is 0 Å². The summed E-state index contributed by atoms with van der Waals surface area (Å²) in [4.78, 5) is 16.1. The van der Waals surface area contributed by atoms with Gasteiger partial charge in [0.25, 0.3) is 0 Å². The highest BCUT2D eigenvalue weighted by Gasteiger charge is 2.36. The largest absolute Gasteiger partial charge is 0.481 e. The molecule has 0 radical (unpaired) electrons. The number of carboxylic acid groups (broad SMARTS) is 1. The van der Waals surface area contributed by atoms with E-state index in [2.05, 4.69) is 9.80 Å². The summed E-state index contributed by atoms with van der Waals surface area (Å²) in [6.07, 6.45) is 5.54. The molecule has 0 amide bonds. The van der Waals surface area contributed by atoms with E-state index in [9.17, 15) is 9.90 Å². The van der Waals surface area contributed by atoms with E-state index in [1.807, 2.05) is 6.92 Å². The van der Waals surface area contributed by atoms with Gasteiger partial charge in [0.1, 0.15) is 0 Å². The SMILES string of the molecule is CC1(C(=O)O)CCN(CCCN2CCCC2)CC1. The Hall–Kier alpha value is -0.610. The number of nitrogens with zero attached hydrogens (tertiary/aromatic N) is 2. The molecule has 0 unspecified atom stereocenters. The van der Waals surface area contributed by atoms with Crippen LogP contribution < -0.4 is 0 Å². The van der Waals surface area contributed by atoms with Crippen LogP contribution in [0.1, 0.15) is 39.0 Å². The summed E-state index contributed by atoms with van der Waals surface area (Å²) in [6.45, 7) is 8.68. The summed E-state index contributed by atoms with van der Waals surface area (Å²) in [5, 5.41) is 9.18. The van der Waals surface area contributed by atoms with Crippen LogP contribution in [0.15, 0.2) is 0 Å². The molecule has 0 aromatic carbocycles. The second-order valence-electron chi connectivity index (χ2n) is 6.11. The Bertz CT molecular complexity index is 280. The van der Waals surface area contributed by atoms with Gasteiger partial charge >= 0.3 is 5.97 Å². The van der Waals surface area contributed by atoms with Gasteiger partial charge < -0.3 is 14.9 Å². The third-order valence-corrected chi connectivity index (χ3v) is 4.62. The van der Waals surface area contributed by atoms with Crippen LogP contribution in [0.4, 0.5) is 0 Å². The number of piperidine rings is 1. The molecule has 4 nitrogen and oxygen atoms in total. The Morgan fingerprint density at radius 2 is 1.56 bits per heavy atom. The van der Waals surface area contributed by atoms with Crippen molar-refractivity contribution < 1.29 is 9.90 Å². The molecule has 2 fully saturated rings. The number of carboxylic acids is 1. The number of hydrogen-bond acceptors (Lipinski definition) is 3. The maximum absolute atomic E-state index is 11.1. The first-order valence-corrected chi connectivity index (χ1v) is 7.28. The number of aliphatic carboxylic acids is 1. The fourth-order valence-electron chi connectivity index (χ4n) is 3.01. The van der Waals surface area contributed by atoms with Gasteiger partial charge in [-0.3, -0.25) is 4.79 Å². The van der Waals surface area contributed by atoms with Crippen LogP contribution >= 0.6 is 0 Å². The molecule has 1 N–H and O–H groups in total. The summed E-state index contributed by atoms with van der Waals surface area (Å²) >= 11 is 0. The third kappa shape index (κ3) is 3.45. The molecule has 0 aromatic rings. The van der Waals surface area contributed by atoms with Gasteiger partial charge in [-0.15, -0.1) is 0 Å². The Morgan fingerprint density at radius 1 is 1.06 bits per heavy atom. The van der Waals surface area contributed by atoms with E-state index in [1.165, 1.54) is 38.9 Å². The highest BCUT2D eigenvalue weighted by molar-refractivity contribution is 5.74. The van der Waals surface area contributed by atoms with E-state index < -0.39 is 11.4 Å². The first kappa shape index (κ1) is 13.8. The maximum atomic E-state index is 11.1. The quantitative estimate of drug-likeness (QED) is 0.810. The highest BCUT2D eigenvalue weighted by Crippen LogP contribution is 2.30. The summed E-state index contributed by atoms with van der Waals surface area (Å²) in [5.74, 6) is -0.626. The van der Waals surface area contributed by atoms with Crippen LogP contribution in [0.2, 0.25) is 0 Å². The average molecular weight is 254 g/mol. The van der Waals surface area contributed by atoms with Gasteiger partial charge in [0.2, 0.25) is 0 Å². The molecule has 0 aliphatic carbocycles. The van der Waals surface area contributed by atoms with E-state index in [4.69, 9.17) is 0 Å². The fourth-order valence-corrected chi connectivity index (χ4v) is 3.01. The monoisotopic (exact) mass is 254 g/mol. The lowest BCUT2D eigenvalue weighted by Gasteiger charge is -2.36. The van der Waals surface area contributed by atoms with Crippen molar-refractivity contribution in [1.82, 2.24) is 9.80 Å². The molecular weight excluding hydrogens is 228 g/mol. The molecule has 0 spiro atoms. The molecular formula is C14H26N2O2. The number of carbonyl (C=O) groups is 1. The Morgan fingerprint density at radius 3 is 2.06 bits per heavy atom. The lowest BCUT2D eigenvalue weighted by atomic mass is 9.80. The summed E-state index contributed by atoms with van der Waals surface area (Å²) in [7, 11) is 0. The first-order valence-electron chi connectivity index (χ1n) is 7.28. The predicted molar refractivity (Wildman–Crippen MR) is 71.7 cm³/mol. The molecule has 18 heavy (non-hydrogen) atoms. The summed E-state index contributed by atoms with van der Waals surface area (Å²) < 4.78 is 0. The molecule has 0 bridgehead atoms. The standard InChI is InChI=1S/C14H26N2O2/c1-14(13(17)18)5-11-16(12-6-14)10-4-9-15-7-2-3-8-15/h2-12H2,1H3,(H,17,18). The van der Waals surface area contributed by atoms with E-state index in [0.29, 0.717) is 0 Å². The van der Waals surface area contributed by atoms with Crippen LogP contribution in [0, 0.1) is 5.41 Å². The first-order chi connectivity index (χ1) is 8.60. The number of rotatable bonds is 5. The molecule has 2 aliphatic rings. The molecule has 2 saturated heterocycles. The smallest absolute Gasteiger partial charge is 0.309 e. The van der Waals surface area contributed by atoms with Crippen LogP contribution in [-0.4, -0.2) is 60.1 Å². The van der Waals surface area contributed by atoms with Crippen molar-refractivity contribution >= 4 is 5.97 Å². The number of hydrogen-bond donors (Lipinski definition) is 1. The molecule has 0 atom stereocenters. The molecule has 0 aromatic heterocycles. The zero-order valence-corrected chi connectivity index (χ0v) is 11.5. The third-order valence-electron chi connectivity index (χ3n) is 4.62. The normalized spacial score (nSPS) is 25.4. The molecule has 4 heteroatoms. The topological polar surface area (TPSA) is 43.8 Å². The van der Waals surface area contributed by atoms with Crippen molar-refractivity contribution in [3.63, 3.8) is 0 Å². The van der Waals surface area contributed by atoms with Crippen molar-refractivity contribution in [3.8, 4) is 0 Å². The second-order valence-corrected chi connectivity index (χ2v) is 6.11. The minimum absolute atomic E-state index is 0.481. The van der Waals surface area contributed by atoms with E-state index >= 15 is 0 Å². The van der Waals surface area contributed by atoms with E-state index in [-0.39, 0.29) is 0 Å². The molecule has 0 saturated carbocycles.